The zero-order valence-corrected chi connectivity index (χ0v) is 15.4. The molecule has 0 aliphatic carbocycles. The lowest BCUT2D eigenvalue weighted by atomic mass is 10.1. The van der Waals surface area contributed by atoms with Gasteiger partial charge in [0.15, 0.2) is 0 Å². The highest BCUT2D eigenvalue weighted by atomic mass is 16.2. The number of para-hydroxylation sites is 1. The standard InChI is InChI=1S/C21H23N3O3/c1-14-7-8-16(15(2)13-14)9-10-20(26)24-18-6-4-3-5-17(18)21(27)23-12-11-19(22)25/h3-10,13H,11-12H2,1-2H3,(H2,22,25)(H,23,27)(H,24,26)/b10-9+. The third-order valence-electron chi connectivity index (χ3n) is 3.93. The molecule has 0 radical (unpaired) electrons. The van der Waals surface area contributed by atoms with Gasteiger partial charge in [-0.05, 0) is 43.2 Å². The smallest absolute Gasteiger partial charge is 0.253 e. The van der Waals surface area contributed by atoms with Crippen molar-refractivity contribution in [3.63, 3.8) is 0 Å². The molecule has 0 saturated heterocycles. The van der Waals surface area contributed by atoms with Crippen molar-refractivity contribution < 1.29 is 14.4 Å². The van der Waals surface area contributed by atoms with Gasteiger partial charge in [0.2, 0.25) is 11.8 Å². The van der Waals surface area contributed by atoms with Crippen molar-refractivity contribution in [3.05, 3.63) is 70.8 Å². The number of anilines is 1. The molecule has 0 unspecified atom stereocenters. The van der Waals surface area contributed by atoms with E-state index in [0.29, 0.717) is 11.3 Å². The summed E-state index contributed by atoms with van der Waals surface area (Å²) in [5, 5.41) is 5.32. The van der Waals surface area contributed by atoms with Gasteiger partial charge in [-0.15, -0.1) is 0 Å². The Morgan fingerprint density at radius 2 is 1.81 bits per heavy atom. The van der Waals surface area contributed by atoms with E-state index in [1.54, 1.807) is 30.3 Å². The third kappa shape index (κ3) is 6.11. The van der Waals surface area contributed by atoms with Gasteiger partial charge < -0.3 is 16.4 Å². The van der Waals surface area contributed by atoms with Gasteiger partial charge in [0.25, 0.3) is 5.91 Å². The molecular weight excluding hydrogens is 342 g/mol. The lowest BCUT2D eigenvalue weighted by molar-refractivity contribution is -0.118. The molecular formula is C21H23N3O3. The molecule has 0 saturated carbocycles. The average molecular weight is 365 g/mol. The maximum absolute atomic E-state index is 12.3. The molecule has 0 heterocycles. The number of benzene rings is 2. The SMILES string of the molecule is Cc1ccc(/C=C/C(=O)Nc2ccccc2C(=O)NCCC(N)=O)c(C)c1. The molecule has 4 N–H and O–H groups in total. The lowest BCUT2D eigenvalue weighted by Gasteiger charge is -2.10. The van der Waals surface area contributed by atoms with E-state index >= 15 is 0 Å². The second-order valence-corrected chi connectivity index (χ2v) is 6.20. The van der Waals surface area contributed by atoms with Crippen molar-refractivity contribution in [2.75, 3.05) is 11.9 Å². The second kappa shape index (κ2) is 9.33. The highest BCUT2D eigenvalue weighted by Gasteiger charge is 2.12. The lowest BCUT2D eigenvalue weighted by Crippen LogP contribution is -2.28. The molecule has 2 aromatic rings. The van der Waals surface area contributed by atoms with E-state index in [1.807, 2.05) is 32.0 Å². The minimum atomic E-state index is -0.492. The van der Waals surface area contributed by atoms with E-state index in [1.165, 1.54) is 6.08 Å². The third-order valence-corrected chi connectivity index (χ3v) is 3.93. The number of nitrogens with two attached hydrogens (primary N) is 1. The minimum Gasteiger partial charge on any atom is -0.370 e. The van der Waals surface area contributed by atoms with Crippen molar-refractivity contribution >= 4 is 29.5 Å². The molecule has 2 rings (SSSR count). The predicted molar refractivity (Wildman–Crippen MR) is 106 cm³/mol. The van der Waals surface area contributed by atoms with E-state index < -0.39 is 5.91 Å². The largest absolute Gasteiger partial charge is 0.370 e. The van der Waals surface area contributed by atoms with Gasteiger partial charge in [0.1, 0.15) is 0 Å². The van der Waals surface area contributed by atoms with Gasteiger partial charge in [-0.2, -0.15) is 0 Å². The van der Waals surface area contributed by atoms with Crippen molar-refractivity contribution in [3.8, 4) is 0 Å². The van der Waals surface area contributed by atoms with Crippen LogP contribution in [0.2, 0.25) is 0 Å². The number of primary amides is 1. The number of aryl methyl sites for hydroxylation is 2. The van der Waals surface area contributed by atoms with Crippen LogP contribution in [-0.2, 0) is 9.59 Å². The second-order valence-electron chi connectivity index (χ2n) is 6.20. The van der Waals surface area contributed by atoms with Crippen LogP contribution in [0, 0.1) is 13.8 Å². The fourth-order valence-corrected chi connectivity index (χ4v) is 2.54. The van der Waals surface area contributed by atoms with Crippen LogP contribution in [0.15, 0.2) is 48.5 Å². The quantitative estimate of drug-likeness (QED) is 0.657. The zero-order chi connectivity index (χ0) is 19.8. The summed E-state index contributed by atoms with van der Waals surface area (Å²) < 4.78 is 0. The Hall–Kier alpha value is -3.41. The van der Waals surface area contributed by atoms with Crippen molar-refractivity contribution in [1.82, 2.24) is 5.32 Å². The first-order chi connectivity index (χ1) is 12.9. The first-order valence-corrected chi connectivity index (χ1v) is 8.58. The molecule has 0 aromatic heterocycles. The summed E-state index contributed by atoms with van der Waals surface area (Å²) in [6.07, 6.45) is 3.22. The van der Waals surface area contributed by atoms with Crippen LogP contribution in [0.5, 0.6) is 0 Å². The number of carbonyl (C=O) groups excluding carboxylic acids is 3. The summed E-state index contributed by atoms with van der Waals surface area (Å²) in [5.74, 6) is -1.22. The molecule has 6 heteroatoms. The highest BCUT2D eigenvalue weighted by molar-refractivity contribution is 6.07. The molecule has 0 fully saturated rings. The Morgan fingerprint density at radius 1 is 1.07 bits per heavy atom. The monoisotopic (exact) mass is 365 g/mol. The van der Waals surface area contributed by atoms with Gasteiger partial charge in [0.05, 0.1) is 11.3 Å². The highest BCUT2D eigenvalue weighted by Crippen LogP contribution is 2.16. The summed E-state index contributed by atoms with van der Waals surface area (Å²) in [4.78, 5) is 35.3. The van der Waals surface area contributed by atoms with Gasteiger partial charge in [-0.1, -0.05) is 35.9 Å². The van der Waals surface area contributed by atoms with Crippen LogP contribution in [-0.4, -0.2) is 24.3 Å². The normalized spacial score (nSPS) is 10.6. The zero-order valence-electron chi connectivity index (χ0n) is 15.4. The Kier molecular flexibility index (Phi) is 6.88. The van der Waals surface area contributed by atoms with Crippen LogP contribution in [0.25, 0.3) is 6.08 Å². The van der Waals surface area contributed by atoms with E-state index in [9.17, 15) is 14.4 Å². The molecule has 27 heavy (non-hydrogen) atoms. The molecule has 140 valence electrons. The molecule has 2 aromatic carbocycles. The predicted octanol–water partition coefficient (Wildman–Crippen LogP) is 2.56. The van der Waals surface area contributed by atoms with Crippen molar-refractivity contribution in [1.29, 1.82) is 0 Å². The van der Waals surface area contributed by atoms with Crippen molar-refractivity contribution in [2.45, 2.75) is 20.3 Å². The summed E-state index contributed by atoms with van der Waals surface area (Å²) >= 11 is 0. The van der Waals surface area contributed by atoms with Gasteiger partial charge in [0, 0.05) is 19.0 Å². The molecule has 6 nitrogen and oxygen atoms in total. The maximum atomic E-state index is 12.3. The Balaban J connectivity index is 2.06. The van der Waals surface area contributed by atoms with Gasteiger partial charge >= 0.3 is 0 Å². The van der Waals surface area contributed by atoms with E-state index in [0.717, 1.165) is 16.7 Å². The van der Waals surface area contributed by atoms with Crippen LogP contribution < -0.4 is 16.4 Å². The Bertz CT molecular complexity index is 888. The first kappa shape index (κ1) is 19.9. The summed E-state index contributed by atoms with van der Waals surface area (Å²) in [7, 11) is 0. The number of amides is 3. The molecule has 3 amide bonds. The van der Waals surface area contributed by atoms with Crippen LogP contribution in [0.3, 0.4) is 0 Å². The number of carbonyl (C=O) groups is 3. The number of nitrogens with one attached hydrogen (secondary N) is 2. The first-order valence-electron chi connectivity index (χ1n) is 8.58. The van der Waals surface area contributed by atoms with E-state index in [4.69, 9.17) is 5.73 Å². The minimum absolute atomic E-state index is 0.0545. The van der Waals surface area contributed by atoms with Gasteiger partial charge in [-0.25, -0.2) is 0 Å². The summed E-state index contributed by atoms with van der Waals surface area (Å²) in [5.41, 5.74) is 8.95. The van der Waals surface area contributed by atoms with E-state index in [-0.39, 0.29) is 24.8 Å². The van der Waals surface area contributed by atoms with Gasteiger partial charge in [-0.3, -0.25) is 14.4 Å². The fraction of sp³-hybridized carbons (Fsp3) is 0.190. The molecule has 0 aliphatic heterocycles. The van der Waals surface area contributed by atoms with Crippen LogP contribution in [0.4, 0.5) is 5.69 Å². The van der Waals surface area contributed by atoms with Crippen LogP contribution in [0.1, 0.15) is 33.5 Å². The topological polar surface area (TPSA) is 101 Å². The summed E-state index contributed by atoms with van der Waals surface area (Å²) in [6.45, 7) is 4.14. The number of hydrogen-bond acceptors (Lipinski definition) is 3. The Morgan fingerprint density at radius 3 is 2.52 bits per heavy atom. The average Bonchev–Trinajstić information content (AvgIpc) is 2.61. The number of hydrogen-bond donors (Lipinski definition) is 3. The van der Waals surface area contributed by atoms with E-state index in [2.05, 4.69) is 10.6 Å². The van der Waals surface area contributed by atoms with Crippen LogP contribution >= 0.6 is 0 Å². The summed E-state index contributed by atoms with van der Waals surface area (Å²) in [6, 6.07) is 12.6. The fourth-order valence-electron chi connectivity index (χ4n) is 2.54. The van der Waals surface area contributed by atoms with Crippen molar-refractivity contribution in [2.24, 2.45) is 5.73 Å². The Labute approximate surface area is 158 Å². The number of rotatable bonds is 7. The molecule has 0 aliphatic rings. The molecule has 0 spiro atoms. The molecule has 0 atom stereocenters. The maximum Gasteiger partial charge on any atom is 0.253 e. The molecule has 0 bridgehead atoms.